The van der Waals surface area contributed by atoms with Crippen LogP contribution in [0.4, 0.5) is 4.39 Å². The van der Waals surface area contributed by atoms with Crippen molar-refractivity contribution < 1.29 is 9.50 Å². The molecule has 3 heterocycles. The Morgan fingerprint density at radius 1 is 1.00 bits per heavy atom. The molecule has 0 amide bonds. The van der Waals surface area contributed by atoms with Gasteiger partial charge in [-0.05, 0) is 41.5 Å². The minimum atomic E-state index is -0.311. The molecule has 6 heteroatoms. The van der Waals surface area contributed by atoms with Gasteiger partial charge in [0.1, 0.15) is 5.82 Å². The summed E-state index contributed by atoms with van der Waals surface area (Å²) in [5.41, 5.74) is 3.83. The van der Waals surface area contributed by atoms with E-state index >= 15 is 0 Å². The Kier molecular flexibility index (Phi) is 3.65. The van der Waals surface area contributed by atoms with E-state index in [1.807, 2.05) is 37.5 Å². The molecule has 0 radical (unpaired) electrons. The first-order valence-electron chi connectivity index (χ1n) is 8.93. The van der Waals surface area contributed by atoms with Crippen LogP contribution in [0.3, 0.4) is 0 Å². The summed E-state index contributed by atoms with van der Waals surface area (Å²) < 4.78 is 18.2. The van der Waals surface area contributed by atoms with Crippen LogP contribution < -0.4 is 0 Å². The van der Waals surface area contributed by atoms with Crippen LogP contribution in [0.25, 0.3) is 32.9 Å². The molecule has 0 bridgehead atoms. The SMILES string of the molecule is Cn1cc2cc(-c3ccc(Cn4cc5ncccc5c4O)c(F)c3)ccc2n1. The van der Waals surface area contributed by atoms with Crippen LogP contribution in [0.1, 0.15) is 5.56 Å². The van der Waals surface area contributed by atoms with Gasteiger partial charge < -0.3 is 9.67 Å². The van der Waals surface area contributed by atoms with Crippen molar-refractivity contribution in [2.24, 2.45) is 7.05 Å². The molecule has 0 spiro atoms. The highest BCUT2D eigenvalue weighted by atomic mass is 19.1. The summed E-state index contributed by atoms with van der Waals surface area (Å²) in [5.74, 6) is -0.220. The number of aromatic nitrogens is 4. The number of fused-ring (bicyclic) bond motifs is 2. The monoisotopic (exact) mass is 372 g/mol. The van der Waals surface area contributed by atoms with Gasteiger partial charge in [0, 0.05) is 36.6 Å². The van der Waals surface area contributed by atoms with Crippen molar-refractivity contribution in [3.8, 4) is 17.0 Å². The molecule has 0 unspecified atom stereocenters. The van der Waals surface area contributed by atoms with E-state index in [4.69, 9.17) is 0 Å². The molecule has 5 aromatic rings. The first kappa shape index (κ1) is 16.5. The highest BCUT2D eigenvalue weighted by molar-refractivity contribution is 5.85. The van der Waals surface area contributed by atoms with Gasteiger partial charge in [0.25, 0.3) is 0 Å². The molecule has 0 atom stereocenters. The van der Waals surface area contributed by atoms with Crippen molar-refractivity contribution in [2.75, 3.05) is 0 Å². The van der Waals surface area contributed by atoms with E-state index in [2.05, 4.69) is 10.1 Å². The van der Waals surface area contributed by atoms with Crippen LogP contribution in [0.5, 0.6) is 5.88 Å². The third-order valence-electron chi connectivity index (χ3n) is 4.98. The molecule has 0 aliphatic heterocycles. The average molecular weight is 372 g/mol. The molecule has 0 aliphatic carbocycles. The molecule has 3 aromatic heterocycles. The zero-order valence-electron chi connectivity index (χ0n) is 15.2. The number of aromatic hydroxyl groups is 1. The quantitative estimate of drug-likeness (QED) is 0.508. The molecular weight excluding hydrogens is 355 g/mol. The van der Waals surface area contributed by atoms with Crippen LogP contribution in [0.2, 0.25) is 0 Å². The van der Waals surface area contributed by atoms with Crippen molar-refractivity contribution in [1.82, 2.24) is 19.3 Å². The molecule has 5 rings (SSSR count). The second-order valence-electron chi connectivity index (χ2n) is 6.90. The fraction of sp³-hybridized carbons (Fsp3) is 0.0909. The first-order chi connectivity index (χ1) is 13.6. The minimum Gasteiger partial charge on any atom is -0.494 e. The summed E-state index contributed by atoms with van der Waals surface area (Å²) >= 11 is 0. The van der Waals surface area contributed by atoms with E-state index < -0.39 is 0 Å². The van der Waals surface area contributed by atoms with Gasteiger partial charge in [-0.1, -0.05) is 18.2 Å². The van der Waals surface area contributed by atoms with Crippen LogP contribution in [-0.2, 0) is 13.6 Å². The zero-order valence-corrected chi connectivity index (χ0v) is 15.2. The number of rotatable bonds is 3. The number of hydrogen-bond donors (Lipinski definition) is 1. The van der Waals surface area contributed by atoms with Crippen molar-refractivity contribution in [1.29, 1.82) is 0 Å². The van der Waals surface area contributed by atoms with Gasteiger partial charge in [-0.25, -0.2) is 4.39 Å². The van der Waals surface area contributed by atoms with Crippen molar-refractivity contribution >= 4 is 21.8 Å². The summed E-state index contributed by atoms with van der Waals surface area (Å²) in [6.07, 6.45) is 5.34. The van der Waals surface area contributed by atoms with Gasteiger partial charge in [-0.2, -0.15) is 5.10 Å². The Balaban J connectivity index is 1.49. The molecule has 0 fully saturated rings. The lowest BCUT2D eigenvalue weighted by Crippen LogP contribution is -2.00. The number of benzene rings is 2. The lowest BCUT2D eigenvalue weighted by Gasteiger charge is -2.09. The topological polar surface area (TPSA) is 55.9 Å². The second-order valence-corrected chi connectivity index (χ2v) is 6.90. The molecule has 138 valence electrons. The van der Waals surface area contributed by atoms with E-state index in [0.717, 1.165) is 22.0 Å². The standard InChI is InChI=1S/C22H17FN4O/c1-26-11-17-9-14(6-7-20(17)25-26)15-4-5-16(19(23)10-15)12-27-13-21-18(22(27)28)3-2-8-24-21/h2-11,13,28H,12H2,1H3. The lowest BCUT2D eigenvalue weighted by molar-refractivity contribution is 0.428. The highest BCUT2D eigenvalue weighted by Crippen LogP contribution is 2.29. The van der Waals surface area contributed by atoms with E-state index in [0.29, 0.717) is 16.5 Å². The second kappa shape index (κ2) is 6.20. The molecule has 5 nitrogen and oxygen atoms in total. The molecule has 0 saturated heterocycles. The molecule has 1 N–H and O–H groups in total. The predicted octanol–water partition coefficient (Wildman–Crippen LogP) is 4.48. The van der Waals surface area contributed by atoms with Crippen molar-refractivity contribution in [3.63, 3.8) is 0 Å². The first-order valence-corrected chi connectivity index (χ1v) is 8.93. The number of nitrogens with zero attached hydrogens (tertiary/aromatic N) is 4. The largest absolute Gasteiger partial charge is 0.494 e. The Morgan fingerprint density at radius 3 is 2.64 bits per heavy atom. The maximum atomic E-state index is 14.8. The van der Waals surface area contributed by atoms with Gasteiger partial charge in [-0.3, -0.25) is 9.67 Å². The van der Waals surface area contributed by atoms with Gasteiger partial charge in [0.15, 0.2) is 0 Å². The summed E-state index contributed by atoms with van der Waals surface area (Å²) in [4.78, 5) is 4.23. The van der Waals surface area contributed by atoms with Gasteiger partial charge >= 0.3 is 0 Å². The normalized spacial score (nSPS) is 11.5. The minimum absolute atomic E-state index is 0.0913. The third-order valence-corrected chi connectivity index (χ3v) is 4.98. The Labute approximate surface area is 160 Å². The van der Waals surface area contributed by atoms with E-state index in [1.54, 1.807) is 39.8 Å². The van der Waals surface area contributed by atoms with Crippen LogP contribution in [0, 0.1) is 5.82 Å². The molecule has 2 aromatic carbocycles. The maximum absolute atomic E-state index is 14.8. The van der Waals surface area contributed by atoms with Crippen molar-refractivity contribution in [3.05, 3.63) is 78.5 Å². The van der Waals surface area contributed by atoms with Crippen LogP contribution in [-0.4, -0.2) is 24.4 Å². The Hall–Kier alpha value is -3.67. The number of pyridine rings is 1. The predicted molar refractivity (Wildman–Crippen MR) is 107 cm³/mol. The average Bonchev–Trinajstić information content (AvgIpc) is 3.22. The van der Waals surface area contributed by atoms with Gasteiger partial charge in [-0.15, -0.1) is 0 Å². The third kappa shape index (κ3) is 2.70. The lowest BCUT2D eigenvalue weighted by atomic mass is 10.0. The summed E-state index contributed by atoms with van der Waals surface area (Å²) in [6, 6.07) is 14.6. The smallest absolute Gasteiger partial charge is 0.201 e. The van der Waals surface area contributed by atoms with E-state index in [9.17, 15) is 9.50 Å². The fourth-order valence-electron chi connectivity index (χ4n) is 3.56. The maximum Gasteiger partial charge on any atom is 0.201 e. The van der Waals surface area contributed by atoms with Gasteiger partial charge in [0.2, 0.25) is 5.88 Å². The molecule has 0 aliphatic rings. The van der Waals surface area contributed by atoms with Crippen LogP contribution in [0.15, 0.2) is 67.1 Å². The fourth-order valence-corrected chi connectivity index (χ4v) is 3.56. The molecule has 0 saturated carbocycles. The Bertz CT molecular complexity index is 1340. The summed E-state index contributed by atoms with van der Waals surface area (Å²) in [7, 11) is 1.88. The zero-order chi connectivity index (χ0) is 19.3. The molecular formula is C22H17FN4O. The Morgan fingerprint density at radius 2 is 1.82 bits per heavy atom. The van der Waals surface area contributed by atoms with Gasteiger partial charge in [0.05, 0.1) is 23.0 Å². The number of halogens is 1. The highest BCUT2D eigenvalue weighted by Gasteiger charge is 2.12. The van der Waals surface area contributed by atoms with Crippen LogP contribution >= 0.6 is 0 Å². The number of aryl methyl sites for hydroxylation is 1. The number of hydrogen-bond acceptors (Lipinski definition) is 3. The van der Waals surface area contributed by atoms with E-state index in [1.165, 1.54) is 6.07 Å². The summed E-state index contributed by atoms with van der Waals surface area (Å²) in [5, 5.41) is 16.4. The molecule has 28 heavy (non-hydrogen) atoms. The van der Waals surface area contributed by atoms with E-state index in [-0.39, 0.29) is 18.2 Å². The summed E-state index contributed by atoms with van der Waals surface area (Å²) in [6.45, 7) is 0.232. The van der Waals surface area contributed by atoms with Crippen molar-refractivity contribution in [2.45, 2.75) is 6.54 Å².